The van der Waals surface area contributed by atoms with Crippen LogP contribution in [0.5, 0.6) is 0 Å². The Morgan fingerprint density at radius 1 is 1.80 bits per heavy atom. The molecule has 3 heteroatoms. The van der Waals surface area contributed by atoms with Crippen LogP contribution in [-0.4, -0.2) is 25.5 Å². The summed E-state index contributed by atoms with van der Waals surface area (Å²) in [7, 11) is 0. The average Bonchev–Trinajstić information content (AvgIpc) is 2.40. The lowest BCUT2D eigenvalue weighted by Crippen LogP contribution is -2.25. The third-order valence-electron chi connectivity index (χ3n) is 1.80. The van der Waals surface area contributed by atoms with E-state index >= 15 is 0 Å². The van der Waals surface area contributed by atoms with Gasteiger partial charge in [0.05, 0.1) is 6.04 Å². The van der Waals surface area contributed by atoms with E-state index in [1.807, 2.05) is 0 Å². The Labute approximate surface area is 60.5 Å². The van der Waals surface area contributed by atoms with Crippen molar-refractivity contribution < 1.29 is 9.53 Å². The zero-order valence-corrected chi connectivity index (χ0v) is 5.95. The molecule has 58 valence electrons. The number of nitrogens with two attached hydrogens (primary N) is 1. The van der Waals surface area contributed by atoms with Gasteiger partial charge in [-0.15, -0.1) is 0 Å². The van der Waals surface area contributed by atoms with Crippen molar-refractivity contribution in [2.75, 3.05) is 13.2 Å². The largest absolute Gasteiger partial charge is 0.381 e. The van der Waals surface area contributed by atoms with Crippen molar-refractivity contribution in [2.24, 2.45) is 11.7 Å². The Hall–Kier alpha value is -0.410. The van der Waals surface area contributed by atoms with Gasteiger partial charge in [0.25, 0.3) is 0 Å². The summed E-state index contributed by atoms with van der Waals surface area (Å²) in [6.45, 7) is 1.61. The molecule has 2 atom stereocenters. The molecule has 1 aliphatic rings. The topological polar surface area (TPSA) is 52.3 Å². The molecular weight excluding hydrogens is 130 g/mol. The van der Waals surface area contributed by atoms with Gasteiger partial charge in [0.15, 0.2) is 0 Å². The molecule has 0 aliphatic carbocycles. The molecule has 1 rings (SSSR count). The molecule has 0 aromatic heterocycles. The molecule has 3 nitrogen and oxygen atoms in total. The first-order valence-corrected chi connectivity index (χ1v) is 3.61. The van der Waals surface area contributed by atoms with Crippen molar-refractivity contribution in [3.05, 3.63) is 0 Å². The predicted octanol–water partition coefficient (Wildman–Crippen LogP) is -0.0608. The molecule has 10 heavy (non-hydrogen) atoms. The minimum atomic E-state index is -0.285. The standard InChI is InChI=1S/C7H13NO2/c8-7(4-9)3-6-1-2-10-5-6/h4,6-7H,1-3,5,8H2. The van der Waals surface area contributed by atoms with E-state index in [1.165, 1.54) is 0 Å². The molecule has 2 unspecified atom stereocenters. The highest BCUT2D eigenvalue weighted by atomic mass is 16.5. The van der Waals surface area contributed by atoms with Crippen LogP contribution in [0.25, 0.3) is 0 Å². The zero-order valence-electron chi connectivity index (χ0n) is 5.95. The van der Waals surface area contributed by atoms with Gasteiger partial charge in [-0.3, -0.25) is 0 Å². The van der Waals surface area contributed by atoms with Gasteiger partial charge in [-0.1, -0.05) is 0 Å². The molecule has 0 aromatic carbocycles. The smallest absolute Gasteiger partial charge is 0.136 e. The highest BCUT2D eigenvalue weighted by molar-refractivity contribution is 5.56. The average molecular weight is 143 g/mol. The minimum absolute atomic E-state index is 0.285. The van der Waals surface area contributed by atoms with Crippen LogP contribution in [0.15, 0.2) is 0 Å². The van der Waals surface area contributed by atoms with E-state index in [4.69, 9.17) is 10.5 Å². The van der Waals surface area contributed by atoms with Crippen molar-refractivity contribution in [2.45, 2.75) is 18.9 Å². The second kappa shape index (κ2) is 3.68. The monoisotopic (exact) mass is 143 g/mol. The van der Waals surface area contributed by atoms with Crippen molar-refractivity contribution in [3.8, 4) is 0 Å². The van der Waals surface area contributed by atoms with Crippen LogP contribution in [0.2, 0.25) is 0 Å². The maximum Gasteiger partial charge on any atom is 0.136 e. The van der Waals surface area contributed by atoms with Gasteiger partial charge >= 0.3 is 0 Å². The normalized spacial score (nSPS) is 28.3. The predicted molar refractivity (Wildman–Crippen MR) is 37.6 cm³/mol. The maximum absolute atomic E-state index is 10.1. The summed E-state index contributed by atoms with van der Waals surface area (Å²) in [5.74, 6) is 0.514. The fraction of sp³-hybridized carbons (Fsp3) is 0.857. The van der Waals surface area contributed by atoms with E-state index in [0.29, 0.717) is 5.92 Å². The molecule has 1 aliphatic heterocycles. The molecule has 1 heterocycles. The molecule has 0 spiro atoms. The van der Waals surface area contributed by atoms with Crippen molar-refractivity contribution in [1.29, 1.82) is 0 Å². The lowest BCUT2D eigenvalue weighted by Gasteiger charge is -2.08. The van der Waals surface area contributed by atoms with E-state index in [-0.39, 0.29) is 6.04 Å². The summed E-state index contributed by atoms with van der Waals surface area (Å²) >= 11 is 0. The highest BCUT2D eigenvalue weighted by Crippen LogP contribution is 2.16. The number of rotatable bonds is 3. The van der Waals surface area contributed by atoms with Gasteiger partial charge in [0.1, 0.15) is 6.29 Å². The van der Waals surface area contributed by atoms with Crippen LogP contribution in [0, 0.1) is 5.92 Å². The Morgan fingerprint density at radius 3 is 3.10 bits per heavy atom. The van der Waals surface area contributed by atoms with E-state index in [0.717, 1.165) is 32.3 Å². The maximum atomic E-state index is 10.1. The van der Waals surface area contributed by atoms with Crippen LogP contribution in [0.4, 0.5) is 0 Å². The fourth-order valence-corrected chi connectivity index (χ4v) is 1.21. The van der Waals surface area contributed by atoms with Gasteiger partial charge in [0, 0.05) is 13.2 Å². The summed E-state index contributed by atoms with van der Waals surface area (Å²) in [5.41, 5.74) is 5.43. The summed E-state index contributed by atoms with van der Waals surface area (Å²) < 4.78 is 5.13. The third-order valence-corrected chi connectivity index (χ3v) is 1.80. The Bertz CT molecular complexity index is 110. The number of hydrogen-bond acceptors (Lipinski definition) is 3. The van der Waals surface area contributed by atoms with Crippen LogP contribution in [0.3, 0.4) is 0 Å². The lowest BCUT2D eigenvalue weighted by atomic mass is 10.0. The number of hydrogen-bond donors (Lipinski definition) is 1. The first kappa shape index (κ1) is 7.69. The van der Waals surface area contributed by atoms with E-state index in [9.17, 15) is 4.79 Å². The second-order valence-electron chi connectivity index (χ2n) is 2.77. The molecule has 1 saturated heterocycles. The molecule has 0 aromatic rings. The van der Waals surface area contributed by atoms with Crippen molar-refractivity contribution in [1.82, 2.24) is 0 Å². The fourth-order valence-electron chi connectivity index (χ4n) is 1.21. The van der Waals surface area contributed by atoms with Crippen LogP contribution >= 0.6 is 0 Å². The third kappa shape index (κ3) is 2.08. The molecule has 0 radical (unpaired) electrons. The summed E-state index contributed by atoms with van der Waals surface area (Å²) in [6, 6.07) is -0.285. The minimum Gasteiger partial charge on any atom is -0.381 e. The Morgan fingerprint density at radius 2 is 2.60 bits per heavy atom. The van der Waals surface area contributed by atoms with Crippen molar-refractivity contribution in [3.63, 3.8) is 0 Å². The second-order valence-corrected chi connectivity index (χ2v) is 2.77. The van der Waals surface area contributed by atoms with Gasteiger partial charge in [0.2, 0.25) is 0 Å². The van der Waals surface area contributed by atoms with E-state index in [2.05, 4.69) is 0 Å². The van der Waals surface area contributed by atoms with Crippen LogP contribution in [-0.2, 0) is 9.53 Å². The van der Waals surface area contributed by atoms with E-state index in [1.54, 1.807) is 0 Å². The van der Waals surface area contributed by atoms with Crippen molar-refractivity contribution >= 4 is 6.29 Å². The molecule has 0 saturated carbocycles. The zero-order chi connectivity index (χ0) is 7.40. The summed E-state index contributed by atoms with van der Waals surface area (Å²) in [4.78, 5) is 10.1. The van der Waals surface area contributed by atoms with Gasteiger partial charge in [-0.25, -0.2) is 0 Å². The summed E-state index contributed by atoms with van der Waals surface area (Å²) in [5, 5.41) is 0. The summed E-state index contributed by atoms with van der Waals surface area (Å²) in [6.07, 6.45) is 2.64. The first-order valence-electron chi connectivity index (χ1n) is 3.61. The quantitative estimate of drug-likeness (QED) is 0.563. The van der Waals surface area contributed by atoms with Gasteiger partial charge in [-0.2, -0.15) is 0 Å². The Kier molecular flexibility index (Phi) is 2.83. The SMILES string of the molecule is NC(C=O)CC1CCOC1. The lowest BCUT2D eigenvalue weighted by molar-refractivity contribution is -0.109. The first-order chi connectivity index (χ1) is 4.83. The molecular formula is C7H13NO2. The highest BCUT2D eigenvalue weighted by Gasteiger charge is 2.17. The molecule has 0 bridgehead atoms. The Balaban J connectivity index is 2.17. The number of carbonyl (C=O) groups excluding carboxylic acids is 1. The van der Waals surface area contributed by atoms with Gasteiger partial charge < -0.3 is 15.3 Å². The van der Waals surface area contributed by atoms with Crippen LogP contribution < -0.4 is 5.73 Å². The van der Waals surface area contributed by atoms with Gasteiger partial charge in [-0.05, 0) is 18.8 Å². The molecule has 0 amide bonds. The molecule has 1 fully saturated rings. The number of ether oxygens (including phenoxy) is 1. The number of aldehydes is 1. The molecule has 2 N–H and O–H groups in total. The number of carbonyl (C=O) groups is 1. The van der Waals surface area contributed by atoms with Crippen LogP contribution in [0.1, 0.15) is 12.8 Å². The van der Waals surface area contributed by atoms with E-state index < -0.39 is 0 Å².